The third-order valence-corrected chi connectivity index (χ3v) is 9.27. The highest BCUT2D eigenvalue weighted by atomic mass is 31.2. The van der Waals surface area contributed by atoms with Gasteiger partial charge in [-0.3, -0.25) is 24.0 Å². The predicted molar refractivity (Wildman–Crippen MR) is 130 cm³/mol. The van der Waals surface area contributed by atoms with Crippen LogP contribution in [0.2, 0.25) is 0 Å². The Balaban J connectivity index is 1.40. The van der Waals surface area contributed by atoms with Crippen LogP contribution in [0.3, 0.4) is 0 Å². The number of nitro groups is 1. The zero-order chi connectivity index (χ0) is 27.1. The Morgan fingerprint density at radius 3 is 2.08 bits per heavy atom. The summed E-state index contributed by atoms with van der Waals surface area (Å²) in [5.74, 6) is -0.478. The van der Waals surface area contributed by atoms with Crippen molar-refractivity contribution in [1.29, 1.82) is 0 Å². The van der Waals surface area contributed by atoms with Crippen molar-refractivity contribution in [2.75, 3.05) is 39.3 Å². The Labute approximate surface area is 216 Å². The molecular weight excluding hydrogens is 528 g/mol. The van der Waals surface area contributed by atoms with Gasteiger partial charge in [0, 0.05) is 50.9 Å². The Hall–Kier alpha value is -2.99. The van der Waals surface area contributed by atoms with E-state index in [0.29, 0.717) is 44.8 Å². The Morgan fingerprint density at radius 1 is 0.947 bits per heavy atom. The summed E-state index contributed by atoms with van der Waals surface area (Å²) in [6.45, 7) is 2.79. The molecule has 0 N–H and O–H groups in total. The third-order valence-electron chi connectivity index (χ3n) is 6.56. The van der Waals surface area contributed by atoms with Gasteiger partial charge in [-0.2, -0.15) is 13.2 Å². The van der Waals surface area contributed by atoms with Crippen LogP contribution in [-0.4, -0.2) is 70.5 Å². The largest absolute Gasteiger partial charge is 0.450 e. The molecule has 3 saturated heterocycles. The number of hydrogen-bond donors (Lipinski definition) is 0. The van der Waals surface area contributed by atoms with Crippen molar-refractivity contribution in [3.05, 3.63) is 63.7 Å². The number of rotatable bonds is 9. The van der Waals surface area contributed by atoms with Crippen LogP contribution in [0.4, 0.5) is 18.9 Å². The number of halogens is 3. The minimum absolute atomic E-state index is 0.101. The number of piperidine rings is 1. The van der Waals surface area contributed by atoms with E-state index in [2.05, 4.69) is 0 Å². The summed E-state index contributed by atoms with van der Waals surface area (Å²) in [4.78, 5) is 25.3. The molecule has 3 aliphatic rings. The molecule has 2 aromatic carbocycles. The summed E-state index contributed by atoms with van der Waals surface area (Å²) >= 11 is 0. The van der Waals surface area contributed by atoms with Gasteiger partial charge in [0.25, 0.3) is 5.91 Å². The number of benzene rings is 2. The molecular formula is C24H26F3N4O6P. The third kappa shape index (κ3) is 5.70. The standard InChI is InChI=1S/C24H26F3N4O6P/c25-24(26,27)22(37-38(35,29-12-13-29)30-14-15-30)18-6-9-20(31(33)34)21(16-18)36-19-7-4-17(5-8-19)23(32)28-10-2-1-3-11-28/h4-9,16,22H,1-3,10-15H2. The van der Waals surface area contributed by atoms with E-state index in [9.17, 15) is 32.6 Å². The van der Waals surface area contributed by atoms with E-state index in [1.54, 1.807) is 4.90 Å². The van der Waals surface area contributed by atoms with Gasteiger partial charge in [-0.25, -0.2) is 9.34 Å². The first-order valence-corrected chi connectivity index (χ1v) is 13.8. The monoisotopic (exact) mass is 554 g/mol. The van der Waals surface area contributed by atoms with Gasteiger partial charge in [-0.05, 0) is 61.2 Å². The molecule has 0 aliphatic carbocycles. The Kier molecular flexibility index (Phi) is 7.21. The number of ether oxygens (including phenoxy) is 1. The van der Waals surface area contributed by atoms with Crippen molar-refractivity contribution < 1.29 is 36.7 Å². The van der Waals surface area contributed by atoms with Crippen molar-refractivity contribution in [2.45, 2.75) is 31.5 Å². The molecule has 0 aromatic heterocycles. The summed E-state index contributed by atoms with van der Waals surface area (Å²) in [6.07, 6.45) is -4.58. The molecule has 14 heteroatoms. The summed E-state index contributed by atoms with van der Waals surface area (Å²) in [7, 11) is -3.86. The fourth-order valence-electron chi connectivity index (χ4n) is 4.35. The van der Waals surface area contributed by atoms with Gasteiger partial charge in [0.2, 0.25) is 5.75 Å². The molecule has 3 fully saturated rings. The highest BCUT2D eigenvalue weighted by Crippen LogP contribution is 2.64. The molecule has 204 valence electrons. The zero-order valence-electron chi connectivity index (χ0n) is 20.3. The molecule has 10 nitrogen and oxygen atoms in total. The lowest BCUT2D eigenvalue weighted by Gasteiger charge is -2.28. The molecule has 3 heterocycles. The number of carbonyl (C=O) groups excluding carboxylic acids is 1. The van der Waals surface area contributed by atoms with Crippen LogP contribution in [0.1, 0.15) is 41.3 Å². The van der Waals surface area contributed by atoms with Crippen molar-refractivity contribution in [3.8, 4) is 11.5 Å². The average molecular weight is 554 g/mol. The van der Waals surface area contributed by atoms with Gasteiger partial charge in [0.05, 0.1) is 4.92 Å². The van der Waals surface area contributed by atoms with E-state index in [4.69, 9.17) is 9.26 Å². The van der Waals surface area contributed by atoms with Crippen molar-refractivity contribution in [3.63, 3.8) is 0 Å². The summed E-state index contributed by atoms with van der Waals surface area (Å²) in [5.41, 5.74) is -0.615. The smallest absolute Gasteiger partial charge is 0.419 e. The number of hydrogen-bond acceptors (Lipinski definition) is 6. The second kappa shape index (κ2) is 10.3. The average Bonchev–Trinajstić information content (AvgIpc) is 3.79. The first-order chi connectivity index (χ1) is 18.1. The van der Waals surface area contributed by atoms with Gasteiger partial charge < -0.3 is 9.64 Å². The van der Waals surface area contributed by atoms with Crippen LogP contribution >= 0.6 is 7.67 Å². The molecule has 0 saturated carbocycles. The van der Waals surface area contributed by atoms with Gasteiger partial charge in [0.15, 0.2) is 6.10 Å². The molecule has 1 amide bonds. The van der Waals surface area contributed by atoms with Crippen molar-refractivity contribution in [2.24, 2.45) is 0 Å². The van der Waals surface area contributed by atoms with Crippen LogP contribution in [0.25, 0.3) is 0 Å². The second-order valence-corrected chi connectivity index (χ2v) is 11.7. The van der Waals surface area contributed by atoms with Crippen LogP contribution in [-0.2, 0) is 9.09 Å². The quantitative estimate of drug-likeness (QED) is 0.176. The maximum atomic E-state index is 14.1. The van der Waals surface area contributed by atoms with Crippen LogP contribution in [0.5, 0.6) is 11.5 Å². The molecule has 0 radical (unpaired) electrons. The van der Waals surface area contributed by atoms with E-state index >= 15 is 0 Å². The van der Waals surface area contributed by atoms with E-state index in [1.807, 2.05) is 0 Å². The van der Waals surface area contributed by atoms with E-state index in [-0.39, 0.29) is 11.7 Å². The van der Waals surface area contributed by atoms with E-state index in [1.165, 1.54) is 33.6 Å². The number of likely N-dealkylation sites (tertiary alicyclic amines) is 1. The topological polar surface area (TPSA) is 105 Å². The fraction of sp³-hybridized carbons (Fsp3) is 0.458. The normalized spacial score (nSPS) is 19.2. The lowest BCUT2D eigenvalue weighted by Crippen LogP contribution is -2.35. The Bertz CT molecular complexity index is 1240. The van der Waals surface area contributed by atoms with Gasteiger partial charge in [0.1, 0.15) is 5.75 Å². The zero-order valence-corrected chi connectivity index (χ0v) is 21.2. The lowest BCUT2D eigenvalue weighted by atomic mass is 10.1. The summed E-state index contributed by atoms with van der Waals surface area (Å²) < 4.78 is 69.2. The summed E-state index contributed by atoms with van der Waals surface area (Å²) in [5, 5.41) is 11.6. The number of nitro benzene ring substituents is 1. The maximum absolute atomic E-state index is 14.1. The molecule has 5 rings (SSSR count). The van der Waals surface area contributed by atoms with Gasteiger partial charge in [-0.1, -0.05) is 0 Å². The molecule has 38 heavy (non-hydrogen) atoms. The summed E-state index contributed by atoms with van der Waals surface area (Å²) in [6, 6.07) is 8.60. The highest BCUT2D eigenvalue weighted by molar-refractivity contribution is 7.54. The molecule has 0 bridgehead atoms. The maximum Gasteiger partial charge on any atom is 0.419 e. The van der Waals surface area contributed by atoms with E-state index in [0.717, 1.165) is 37.5 Å². The van der Waals surface area contributed by atoms with Crippen LogP contribution in [0, 0.1) is 10.1 Å². The van der Waals surface area contributed by atoms with Crippen LogP contribution in [0.15, 0.2) is 42.5 Å². The fourth-order valence-corrected chi connectivity index (χ4v) is 6.68. The minimum atomic E-state index is -4.94. The number of amides is 1. The molecule has 1 atom stereocenters. The lowest BCUT2D eigenvalue weighted by molar-refractivity contribution is -0.385. The first-order valence-electron chi connectivity index (χ1n) is 12.3. The highest BCUT2D eigenvalue weighted by Gasteiger charge is 2.55. The molecule has 3 aliphatic heterocycles. The molecule has 1 unspecified atom stereocenters. The number of nitrogens with zero attached hydrogens (tertiary/aromatic N) is 4. The van der Waals surface area contributed by atoms with Gasteiger partial charge >= 0.3 is 19.5 Å². The SMILES string of the molecule is O=C(c1ccc(Oc2cc(C(OP(=O)(N3CC3)N3CC3)C(F)(F)F)ccc2[N+](=O)[O-])cc1)N1CCCCC1. The van der Waals surface area contributed by atoms with Crippen molar-refractivity contribution >= 4 is 19.3 Å². The number of alkyl halides is 3. The minimum Gasteiger partial charge on any atom is -0.450 e. The molecule has 0 spiro atoms. The Morgan fingerprint density at radius 2 is 1.55 bits per heavy atom. The first kappa shape index (κ1) is 26.6. The second-order valence-electron chi connectivity index (χ2n) is 9.39. The number of carbonyl (C=O) groups is 1. The molecule has 2 aromatic rings. The van der Waals surface area contributed by atoms with Crippen molar-refractivity contribution in [1.82, 2.24) is 14.2 Å². The van der Waals surface area contributed by atoms with Crippen LogP contribution < -0.4 is 4.74 Å². The van der Waals surface area contributed by atoms with Gasteiger partial charge in [-0.15, -0.1) is 0 Å². The van der Waals surface area contributed by atoms with E-state index < -0.39 is 41.9 Å². The predicted octanol–water partition coefficient (Wildman–Crippen LogP) is 5.37.